The third kappa shape index (κ3) is 2.00. The SMILES string of the molecule is CCC(=O)N1CCOc2ccc(Br)cc21. The van der Waals surface area contributed by atoms with Crippen LogP contribution in [0, 0.1) is 0 Å². The fraction of sp³-hybridized carbons (Fsp3) is 0.364. The van der Waals surface area contributed by atoms with Crippen molar-refractivity contribution < 1.29 is 9.53 Å². The lowest BCUT2D eigenvalue weighted by atomic mass is 10.2. The van der Waals surface area contributed by atoms with Crippen molar-refractivity contribution in [2.45, 2.75) is 13.3 Å². The van der Waals surface area contributed by atoms with Crippen molar-refractivity contribution in [1.82, 2.24) is 0 Å². The molecular formula is C11H12BrNO2. The Balaban J connectivity index is 2.40. The van der Waals surface area contributed by atoms with E-state index in [0.29, 0.717) is 19.6 Å². The van der Waals surface area contributed by atoms with Gasteiger partial charge in [-0.2, -0.15) is 0 Å². The number of benzene rings is 1. The molecular weight excluding hydrogens is 258 g/mol. The molecule has 1 aliphatic rings. The minimum Gasteiger partial charge on any atom is -0.490 e. The summed E-state index contributed by atoms with van der Waals surface area (Å²) in [7, 11) is 0. The largest absolute Gasteiger partial charge is 0.490 e. The molecule has 1 amide bonds. The molecule has 0 fully saturated rings. The van der Waals surface area contributed by atoms with Gasteiger partial charge in [0.15, 0.2) is 0 Å². The standard InChI is InChI=1S/C11H12BrNO2/c1-2-11(14)13-5-6-15-10-4-3-8(12)7-9(10)13/h3-4,7H,2,5-6H2,1H3. The summed E-state index contributed by atoms with van der Waals surface area (Å²) in [6.07, 6.45) is 0.520. The first-order chi connectivity index (χ1) is 7.22. The number of ether oxygens (including phenoxy) is 1. The van der Waals surface area contributed by atoms with Gasteiger partial charge in [0.25, 0.3) is 0 Å². The number of rotatable bonds is 1. The summed E-state index contributed by atoms with van der Waals surface area (Å²) in [4.78, 5) is 13.5. The highest BCUT2D eigenvalue weighted by Gasteiger charge is 2.22. The van der Waals surface area contributed by atoms with Crippen LogP contribution < -0.4 is 9.64 Å². The zero-order chi connectivity index (χ0) is 10.8. The van der Waals surface area contributed by atoms with Crippen molar-refractivity contribution in [3.63, 3.8) is 0 Å². The van der Waals surface area contributed by atoms with Gasteiger partial charge in [-0.15, -0.1) is 0 Å². The number of amides is 1. The number of carbonyl (C=O) groups is 1. The predicted molar refractivity (Wildman–Crippen MR) is 62.3 cm³/mol. The van der Waals surface area contributed by atoms with Gasteiger partial charge in [0.1, 0.15) is 12.4 Å². The lowest BCUT2D eigenvalue weighted by molar-refractivity contribution is -0.118. The lowest BCUT2D eigenvalue weighted by Crippen LogP contribution is -2.37. The number of nitrogens with zero attached hydrogens (tertiary/aromatic N) is 1. The van der Waals surface area contributed by atoms with Gasteiger partial charge in [0, 0.05) is 10.9 Å². The van der Waals surface area contributed by atoms with Crippen molar-refractivity contribution in [3.05, 3.63) is 22.7 Å². The summed E-state index contributed by atoms with van der Waals surface area (Å²) in [5.74, 6) is 0.920. The lowest BCUT2D eigenvalue weighted by Gasteiger charge is -2.29. The Hall–Kier alpha value is -1.03. The van der Waals surface area contributed by atoms with Gasteiger partial charge < -0.3 is 9.64 Å². The molecule has 0 N–H and O–H groups in total. The molecule has 0 atom stereocenters. The van der Waals surface area contributed by atoms with Crippen LogP contribution in [-0.2, 0) is 4.79 Å². The molecule has 1 aromatic rings. The average Bonchev–Trinajstić information content (AvgIpc) is 2.27. The molecule has 4 heteroatoms. The van der Waals surface area contributed by atoms with E-state index >= 15 is 0 Å². The third-order valence-electron chi connectivity index (χ3n) is 2.39. The maximum Gasteiger partial charge on any atom is 0.226 e. The molecule has 1 aromatic carbocycles. The Labute approximate surface area is 97.2 Å². The smallest absolute Gasteiger partial charge is 0.226 e. The molecule has 2 rings (SSSR count). The van der Waals surface area contributed by atoms with Crippen LogP contribution in [0.3, 0.4) is 0 Å². The van der Waals surface area contributed by atoms with Gasteiger partial charge in [-0.3, -0.25) is 4.79 Å². The minimum atomic E-state index is 0.137. The number of anilines is 1. The maximum atomic E-state index is 11.7. The number of fused-ring (bicyclic) bond motifs is 1. The Morgan fingerprint density at radius 1 is 1.60 bits per heavy atom. The van der Waals surface area contributed by atoms with Crippen LogP contribution in [-0.4, -0.2) is 19.1 Å². The molecule has 80 valence electrons. The Kier molecular flexibility index (Phi) is 2.95. The monoisotopic (exact) mass is 269 g/mol. The number of hydrogen-bond acceptors (Lipinski definition) is 2. The van der Waals surface area contributed by atoms with Gasteiger partial charge in [-0.05, 0) is 18.2 Å². The molecule has 1 heterocycles. The quantitative estimate of drug-likeness (QED) is 0.785. The molecule has 15 heavy (non-hydrogen) atoms. The first kappa shape index (κ1) is 10.5. The van der Waals surface area contributed by atoms with Crippen molar-refractivity contribution >= 4 is 27.5 Å². The van der Waals surface area contributed by atoms with Gasteiger partial charge in [0.05, 0.1) is 12.2 Å². The molecule has 3 nitrogen and oxygen atoms in total. The van der Waals surface area contributed by atoms with Gasteiger partial charge >= 0.3 is 0 Å². The summed E-state index contributed by atoms with van der Waals surface area (Å²) in [5.41, 5.74) is 0.863. The second-order valence-corrected chi connectivity index (χ2v) is 4.28. The highest BCUT2D eigenvalue weighted by atomic mass is 79.9. The van der Waals surface area contributed by atoms with E-state index in [0.717, 1.165) is 15.9 Å². The van der Waals surface area contributed by atoms with Crippen LogP contribution in [0.15, 0.2) is 22.7 Å². The van der Waals surface area contributed by atoms with Crippen LogP contribution in [0.2, 0.25) is 0 Å². The van der Waals surface area contributed by atoms with E-state index < -0.39 is 0 Å². The molecule has 1 aliphatic heterocycles. The van der Waals surface area contributed by atoms with E-state index in [-0.39, 0.29) is 5.91 Å². The van der Waals surface area contributed by atoms with E-state index in [2.05, 4.69) is 15.9 Å². The van der Waals surface area contributed by atoms with Crippen molar-refractivity contribution in [3.8, 4) is 5.75 Å². The summed E-state index contributed by atoms with van der Waals surface area (Å²) >= 11 is 3.40. The molecule has 0 aromatic heterocycles. The zero-order valence-electron chi connectivity index (χ0n) is 8.50. The number of hydrogen-bond donors (Lipinski definition) is 0. The van der Waals surface area contributed by atoms with E-state index in [1.165, 1.54) is 0 Å². The molecule has 0 bridgehead atoms. The van der Waals surface area contributed by atoms with Crippen LogP contribution in [0.4, 0.5) is 5.69 Å². The highest BCUT2D eigenvalue weighted by molar-refractivity contribution is 9.10. The second kappa shape index (κ2) is 4.23. The van der Waals surface area contributed by atoms with Gasteiger partial charge in [-0.1, -0.05) is 22.9 Å². The van der Waals surface area contributed by atoms with Crippen molar-refractivity contribution in [2.24, 2.45) is 0 Å². The Bertz CT molecular complexity index is 392. The van der Waals surface area contributed by atoms with Crippen LogP contribution in [0.1, 0.15) is 13.3 Å². The highest BCUT2D eigenvalue weighted by Crippen LogP contribution is 2.34. The van der Waals surface area contributed by atoms with Crippen LogP contribution in [0.25, 0.3) is 0 Å². The molecule has 0 unspecified atom stereocenters. The maximum absolute atomic E-state index is 11.7. The van der Waals surface area contributed by atoms with E-state index in [1.54, 1.807) is 4.90 Å². The second-order valence-electron chi connectivity index (χ2n) is 3.36. The Morgan fingerprint density at radius 3 is 3.13 bits per heavy atom. The van der Waals surface area contributed by atoms with E-state index in [1.807, 2.05) is 25.1 Å². The van der Waals surface area contributed by atoms with E-state index in [4.69, 9.17) is 4.74 Å². The van der Waals surface area contributed by atoms with Crippen molar-refractivity contribution in [2.75, 3.05) is 18.1 Å². The third-order valence-corrected chi connectivity index (χ3v) is 2.88. The average molecular weight is 270 g/mol. The van der Waals surface area contributed by atoms with Gasteiger partial charge in [-0.25, -0.2) is 0 Å². The first-order valence-electron chi connectivity index (χ1n) is 4.95. The molecule has 0 radical (unpaired) electrons. The first-order valence-corrected chi connectivity index (χ1v) is 5.74. The fourth-order valence-corrected chi connectivity index (χ4v) is 1.99. The van der Waals surface area contributed by atoms with E-state index in [9.17, 15) is 4.79 Å². The summed E-state index contributed by atoms with van der Waals surface area (Å²) in [6.45, 7) is 3.08. The minimum absolute atomic E-state index is 0.137. The fourth-order valence-electron chi connectivity index (χ4n) is 1.64. The molecule has 0 aliphatic carbocycles. The topological polar surface area (TPSA) is 29.5 Å². The van der Waals surface area contributed by atoms with Crippen LogP contribution >= 0.6 is 15.9 Å². The van der Waals surface area contributed by atoms with Crippen molar-refractivity contribution in [1.29, 1.82) is 0 Å². The number of halogens is 1. The summed E-state index contributed by atoms with van der Waals surface area (Å²) in [6, 6.07) is 5.72. The molecule has 0 saturated heterocycles. The normalized spacial score (nSPS) is 14.4. The summed E-state index contributed by atoms with van der Waals surface area (Å²) < 4.78 is 6.45. The van der Waals surface area contributed by atoms with Gasteiger partial charge in [0.2, 0.25) is 5.91 Å². The molecule has 0 spiro atoms. The van der Waals surface area contributed by atoms with Crippen LogP contribution in [0.5, 0.6) is 5.75 Å². The zero-order valence-corrected chi connectivity index (χ0v) is 10.1. The Morgan fingerprint density at radius 2 is 2.40 bits per heavy atom. The predicted octanol–water partition coefficient (Wildman–Crippen LogP) is 2.58. The molecule has 0 saturated carbocycles. The summed E-state index contributed by atoms with van der Waals surface area (Å²) in [5, 5.41) is 0. The number of carbonyl (C=O) groups excluding carboxylic acids is 1.